The molecule has 0 fully saturated rings. The van der Waals surface area contributed by atoms with Crippen LogP contribution >= 0.6 is 23.1 Å². The lowest BCUT2D eigenvalue weighted by atomic mass is 10.1. The van der Waals surface area contributed by atoms with E-state index in [9.17, 15) is 18.0 Å². The van der Waals surface area contributed by atoms with Gasteiger partial charge in [0.1, 0.15) is 5.01 Å². The van der Waals surface area contributed by atoms with Crippen molar-refractivity contribution < 1.29 is 23.1 Å². The lowest BCUT2D eigenvalue weighted by Gasteiger charge is -2.07. The fourth-order valence-electron chi connectivity index (χ4n) is 3.23. The minimum Gasteiger partial charge on any atom is -0.481 e. The van der Waals surface area contributed by atoms with Crippen molar-refractivity contribution in [2.75, 3.05) is 0 Å². The minimum absolute atomic E-state index is 0.0718. The number of aromatic nitrogens is 2. The molecule has 164 valence electrons. The molecule has 0 bridgehead atoms. The molecule has 4 aromatic rings. The molecule has 0 spiro atoms. The average Bonchev–Trinajstić information content (AvgIpc) is 3.12. The van der Waals surface area contributed by atoms with Crippen molar-refractivity contribution in [3.8, 4) is 10.6 Å². The van der Waals surface area contributed by atoms with Gasteiger partial charge in [0.15, 0.2) is 0 Å². The Labute approximate surface area is 190 Å². The Morgan fingerprint density at radius 3 is 2.56 bits per heavy atom. The van der Waals surface area contributed by atoms with Crippen molar-refractivity contribution in [1.82, 2.24) is 9.97 Å². The highest BCUT2D eigenvalue weighted by molar-refractivity contribution is 7.98. The number of rotatable bonds is 6. The number of pyridine rings is 1. The van der Waals surface area contributed by atoms with Crippen LogP contribution in [0.25, 0.3) is 21.5 Å². The summed E-state index contributed by atoms with van der Waals surface area (Å²) in [7, 11) is 0. The summed E-state index contributed by atoms with van der Waals surface area (Å²) in [4.78, 5) is 22.0. The van der Waals surface area contributed by atoms with E-state index in [1.54, 1.807) is 24.0 Å². The van der Waals surface area contributed by atoms with Crippen molar-refractivity contribution in [3.05, 3.63) is 76.4 Å². The van der Waals surface area contributed by atoms with Gasteiger partial charge in [0, 0.05) is 32.7 Å². The fraction of sp³-hybridized carbons (Fsp3) is 0.174. The zero-order valence-electron chi connectivity index (χ0n) is 16.8. The van der Waals surface area contributed by atoms with Crippen LogP contribution in [-0.2, 0) is 23.1 Å². The number of thioether (sulfide) groups is 1. The highest BCUT2D eigenvalue weighted by Gasteiger charge is 2.30. The largest absolute Gasteiger partial charge is 0.481 e. The summed E-state index contributed by atoms with van der Waals surface area (Å²) in [5.41, 5.74) is 2.26. The molecule has 9 heteroatoms. The van der Waals surface area contributed by atoms with Crippen molar-refractivity contribution in [3.63, 3.8) is 0 Å². The number of hydrogen-bond acceptors (Lipinski definition) is 5. The van der Waals surface area contributed by atoms with Gasteiger partial charge in [-0.25, -0.2) is 4.98 Å². The van der Waals surface area contributed by atoms with Gasteiger partial charge in [-0.2, -0.15) is 13.2 Å². The second-order valence-electron chi connectivity index (χ2n) is 7.11. The van der Waals surface area contributed by atoms with Crippen molar-refractivity contribution in [1.29, 1.82) is 0 Å². The van der Waals surface area contributed by atoms with E-state index in [1.807, 2.05) is 25.1 Å². The third-order valence-corrected chi connectivity index (χ3v) is 7.28. The van der Waals surface area contributed by atoms with Crippen molar-refractivity contribution in [2.24, 2.45) is 0 Å². The Kier molecular flexibility index (Phi) is 6.21. The molecule has 4 nitrogen and oxygen atoms in total. The Hall–Kier alpha value is -2.91. The predicted octanol–water partition coefficient (Wildman–Crippen LogP) is 6.60. The minimum atomic E-state index is -4.36. The number of thiazole rings is 1. The van der Waals surface area contributed by atoms with E-state index in [4.69, 9.17) is 5.11 Å². The maximum Gasteiger partial charge on any atom is 0.416 e. The van der Waals surface area contributed by atoms with Crippen LogP contribution in [0.4, 0.5) is 13.2 Å². The van der Waals surface area contributed by atoms with E-state index in [1.165, 1.54) is 23.5 Å². The number of carboxylic acid groups (broad SMARTS) is 1. The number of aliphatic carboxylic acids is 1. The molecular weight excluding hydrogens is 457 g/mol. The molecule has 2 aromatic carbocycles. The summed E-state index contributed by atoms with van der Waals surface area (Å²) in [6, 6.07) is 12.5. The van der Waals surface area contributed by atoms with Crippen LogP contribution in [0.15, 0.2) is 59.6 Å². The number of halogens is 3. The number of nitrogens with zero attached hydrogens (tertiary/aromatic N) is 2. The third kappa shape index (κ3) is 4.94. The Balaban J connectivity index is 1.53. The number of fused-ring (bicyclic) bond motifs is 1. The molecule has 0 aliphatic rings. The Morgan fingerprint density at radius 2 is 1.88 bits per heavy atom. The lowest BCUT2D eigenvalue weighted by Crippen LogP contribution is -2.03. The van der Waals surface area contributed by atoms with Gasteiger partial charge in [-0.15, -0.1) is 23.1 Å². The molecule has 0 unspecified atom stereocenters. The molecule has 0 atom stereocenters. The van der Waals surface area contributed by atoms with Gasteiger partial charge < -0.3 is 5.11 Å². The number of carbonyl (C=O) groups is 1. The highest BCUT2D eigenvalue weighted by Crippen LogP contribution is 2.35. The van der Waals surface area contributed by atoms with Gasteiger partial charge in [-0.3, -0.25) is 9.78 Å². The molecule has 0 saturated carbocycles. The molecule has 4 rings (SSSR count). The number of benzene rings is 2. The first-order chi connectivity index (χ1) is 15.2. The Bertz CT molecular complexity index is 1280. The normalized spacial score (nSPS) is 11.8. The van der Waals surface area contributed by atoms with E-state index < -0.39 is 17.7 Å². The first-order valence-electron chi connectivity index (χ1n) is 9.57. The molecule has 0 aliphatic heterocycles. The van der Waals surface area contributed by atoms with E-state index in [2.05, 4.69) is 9.97 Å². The van der Waals surface area contributed by atoms with Gasteiger partial charge in [0.05, 0.1) is 23.2 Å². The topological polar surface area (TPSA) is 63.1 Å². The SMILES string of the molecule is Cc1nc(-c2ccc(C(F)(F)F)cc2)sc1CSc1ccc2nccc(CC(=O)O)c2c1. The fourth-order valence-corrected chi connectivity index (χ4v) is 5.37. The second-order valence-corrected chi connectivity index (χ2v) is 9.24. The monoisotopic (exact) mass is 474 g/mol. The lowest BCUT2D eigenvalue weighted by molar-refractivity contribution is -0.138. The maximum absolute atomic E-state index is 12.8. The molecule has 0 amide bonds. The number of alkyl halides is 3. The molecule has 0 aliphatic carbocycles. The zero-order chi connectivity index (χ0) is 22.9. The van der Waals surface area contributed by atoms with Crippen LogP contribution < -0.4 is 0 Å². The summed E-state index contributed by atoms with van der Waals surface area (Å²) in [6.07, 6.45) is -2.83. The van der Waals surface area contributed by atoms with Crippen LogP contribution in [-0.4, -0.2) is 21.0 Å². The molecule has 2 heterocycles. The van der Waals surface area contributed by atoms with Gasteiger partial charge in [-0.05, 0) is 48.9 Å². The number of hydrogen-bond donors (Lipinski definition) is 1. The third-order valence-electron chi connectivity index (χ3n) is 4.87. The van der Waals surface area contributed by atoms with E-state index in [0.29, 0.717) is 21.9 Å². The quantitative estimate of drug-likeness (QED) is 0.319. The molecule has 0 saturated heterocycles. The van der Waals surface area contributed by atoms with Crippen LogP contribution in [0.1, 0.15) is 21.7 Å². The molecular formula is C23H17F3N2O2S2. The van der Waals surface area contributed by atoms with Gasteiger partial charge in [0.2, 0.25) is 0 Å². The standard InChI is InChI=1S/C23H17F3N2O2S2/c1-13-20(32-22(28-13)14-2-4-16(5-3-14)23(24,25)26)12-31-17-6-7-19-18(11-17)15(8-9-27-19)10-21(29)30/h2-9,11H,10,12H2,1H3,(H,29,30). The highest BCUT2D eigenvalue weighted by atomic mass is 32.2. The van der Waals surface area contributed by atoms with Crippen molar-refractivity contribution in [2.45, 2.75) is 30.2 Å². The van der Waals surface area contributed by atoms with Gasteiger partial charge >= 0.3 is 12.1 Å². The smallest absolute Gasteiger partial charge is 0.416 e. The van der Waals surface area contributed by atoms with Crippen LogP contribution in [0, 0.1) is 6.92 Å². The zero-order valence-corrected chi connectivity index (χ0v) is 18.4. The maximum atomic E-state index is 12.8. The average molecular weight is 475 g/mol. The summed E-state index contributed by atoms with van der Waals surface area (Å²) in [6.45, 7) is 1.88. The summed E-state index contributed by atoms with van der Waals surface area (Å²) in [5.74, 6) is -0.254. The van der Waals surface area contributed by atoms with Crippen LogP contribution in [0.5, 0.6) is 0 Å². The van der Waals surface area contributed by atoms with Crippen LogP contribution in [0.3, 0.4) is 0 Å². The summed E-state index contributed by atoms with van der Waals surface area (Å²) >= 11 is 3.05. The van der Waals surface area contributed by atoms with E-state index >= 15 is 0 Å². The van der Waals surface area contributed by atoms with Gasteiger partial charge in [-0.1, -0.05) is 12.1 Å². The molecule has 2 aromatic heterocycles. The summed E-state index contributed by atoms with van der Waals surface area (Å²) < 4.78 is 38.4. The second kappa shape index (κ2) is 8.91. The Morgan fingerprint density at radius 1 is 1.12 bits per heavy atom. The first kappa shape index (κ1) is 22.3. The number of aryl methyl sites for hydroxylation is 1. The number of carboxylic acids is 1. The van der Waals surface area contributed by atoms with E-state index in [0.717, 1.165) is 38.5 Å². The van der Waals surface area contributed by atoms with E-state index in [-0.39, 0.29) is 6.42 Å². The molecule has 0 radical (unpaired) electrons. The van der Waals surface area contributed by atoms with Crippen molar-refractivity contribution >= 4 is 40.0 Å². The molecule has 1 N–H and O–H groups in total. The molecule has 32 heavy (non-hydrogen) atoms. The predicted molar refractivity (Wildman–Crippen MR) is 120 cm³/mol. The first-order valence-corrected chi connectivity index (χ1v) is 11.4. The summed E-state index contributed by atoms with van der Waals surface area (Å²) in [5, 5.41) is 10.6. The van der Waals surface area contributed by atoms with Crippen LogP contribution in [0.2, 0.25) is 0 Å². The van der Waals surface area contributed by atoms with Gasteiger partial charge in [0.25, 0.3) is 0 Å².